The highest BCUT2D eigenvalue weighted by Gasteiger charge is 2.38. The van der Waals surface area contributed by atoms with Crippen LogP contribution in [0.2, 0.25) is 0 Å². The Labute approximate surface area is 144 Å². The van der Waals surface area contributed by atoms with Gasteiger partial charge in [0.1, 0.15) is 11.5 Å². The molecule has 2 aromatic rings. The van der Waals surface area contributed by atoms with Crippen LogP contribution < -0.4 is 4.90 Å². The van der Waals surface area contributed by atoms with E-state index in [1.54, 1.807) is 0 Å². The number of hydrogen-bond acceptors (Lipinski definition) is 2. The van der Waals surface area contributed by atoms with Gasteiger partial charge in [-0.15, -0.1) is 0 Å². The molecule has 0 unspecified atom stereocenters. The summed E-state index contributed by atoms with van der Waals surface area (Å²) in [6, 6.07) is 14.7. The van der Waals surface area contributed by atoms with Crippen LogP contribution in [0.4, 0.5) is 23.2 Å². The number of rotatable bonds is 3. The van der Waals surface area contributed by atoms with E-state index in [1.165, 1.54) is 17.0 Å². The first-order valence-electron chi connectivity index (χ1n) is 8.03. The van der Waals surface area contributed by atoms with Crippen LogP contribution >= 0.6 is 0 Å². The van der Waals surface area contributed by atoms with Crippen molar-refractivity contribution in [1.82, 2.24) is 4.90 Å². The van der Waals surface area contributed by atoms with Crippen LogP contribution in [-0.4, -0.2) is 37.3 Å². The predicted molar refractivity (Wildman–Crippen MR) is 90.7 cm³/mol. The van der Waals surface area contributed by atoms with E-state index in [4.69, 9.17) is 0 Å². The lowest BCUT2D eigenvalue weighted by Gasteiger charge is -2.38. The fourth-order valence-corrected chi connectivity index (χ4v) is 2.91. The standard InChI is InChI=1S/C19H18F4N2/c20-16-8-6-15(7-9-16)14-18(19(21,22)23)25-12-10-24(11-13-25)17-4-2-1-3-5-17/h1-9,14H,10-13H2/b18-14+. The van der Waals surface area contributed by atoms with Gasteiger partial charge in [0.05, 0.1) is 0 Å². The van der Waals surface area contributed by atoms with Gasteiger partial charge in [0.15, 0.2) is 0 Å². The molecule has 1 fully saturated rings. The lowest BCUT2D eigenvalue weighted by molar-refractivity contribution is -0.110. The number of nitrogens with zero attached hydrogens (tertiary/aromatic N) is 2. The van der Waals surface area contributed by atoms with Gasteiger partial charge in [0.2, 0.25) is 0 Å². The summed E-state index contributed by atoms with van der Waals surface area (Å²) >= 11 is 0. The molecule has 0 N–H and O–H groups in total. The molecule has 0 aliphatic carbocycles. The number of alkyl halides is 3. The minimum absolute atomic E-state index is 0.279. The molecule has 0 atom stereocenters. The number of hydrogen-bond donors (Lipinski definition) is 0. The number of piperazine rings is 1. The number of allylic oxidation sites excluding steroid dienone is 1. The quantitative estimate of drug-likeness (QED) is 0.750. The van der Waals surface area contributed by atoms with Crippen molar-refractivity contribution in [3.8, 4) is 0 Å². The zero-order valence-electron chi connectivity index (χ0n) is 13.5. The molecule has 2 aromatic carbocycles. The van der Waals surface area contributed by atoms with Gasteiger partial charge in [-0.05, 0) is 35.9 Å². The molecule has 25 heavy (non-hydrogen) atoms. The summed E-state index contributed by atoms with van der Waals surface area (Å²) in [4.78, 5) is 3.42. The highest BCUT2D eigenvalue weighted by molar-refractivity contribution is 5.54. The van der Waals surface area contributed by atoms with E-state index in [0.29, 0.717) is 18.7 Å². The zero-order valence-corrected chi connectivity index (χ0v) is 13.5. The summed E-state index contributed by atoms with van der Waals surface area (Å²) < 4.78 is 53.4. The van der Waals surface area contributed by atoms with E-state index in [-0.39, 0.29) is 13.1 Å². The Hall–Kier alpha value is -2.50. The van der Waals surface area contributed by atoms with Gasteiger partial charge in [-0.3, -0.25) is 0 Å². The Morgan fingerprint density at radius 1 is 0.840 bits per heavy atom. The van der Waals surface area contributed by atoms with Crippen molar-refractivity contribution >= 4 is 11.8 Å². The lowest BCUT2D eigenvalue weighted by atomic mass is 10.1. The first kappa shape index (κ1) is 17.3. The summed E-state index contributed by atoms with van der Waals surface area (Å²) in [5, 5.41) is 0. The van der Waals surface area contributed by atoms with E-state index >= 15 is 0 Å². The molecular weight excluding hydrogens is 332 g/mol. The molecule has 1 aliphatic heterocycles. The summed E-state index contributed by atoms with van der Waals surface area (Å²) in [6.45, 7) is 1.59. The smallest absolute Gasteiger partial charge is 0.368 e. The Bertz CT molecular complexity index is 715. The van der Waals surface area contributed by atoms with E-state index in [0.717, 1.165) is 23.9 Å². The minimum Gasteiger partial charge on any atom is -0.368 e. The maximum Gasteiger partial charge on any atom is 0.431 e. The maximum absolute atomic E-state index is 13.5. The van der Waals surface area contributed by atoms with Crippen LogP contribution in [0.15, 0.2) is 60.3 Å². The molecule has 0 aromatic heterocycles. The highest BCUT2D eigenvalue weighted by atomic mass is 19.4. The summed E-state index contributed by atoms with van der Waals surface area (Å²) in [5.74, 6) is -0.470. The zero-order chi connectivity index (χ0) is 17.9. The average molecular weight is 350 g/mol. The number of anilines is 1. The van der Waals surface area contributed by atoms with E-state index in [2.05, 4.69) is 4.90 Å². The fraction of sp³-hybridized carbons (Fsp3) is 0.263. The van der Waals surface area contributed by atoms with Gasteiger partial charge in [0, 0.05) is 31.9 Å². The van der Waals surface area contributed by atoms with Crippen LogP contribution in [-0.2, 0) is 0 Å². The molecule has 0 saturated carbocycles. The van der Waals surface area contributed by atoms with Crippen LogP contribution in [0.25, 0.3) is 6.08 Å². The second kappa shape index (κ2) is 7.17. The molecule has 1 aliphatic rings. The summed E-state index contributed by atoms with van der Waals surface area (Å²) in [5.41, 5.74) is 0.657. The number of halogens is 4. The van der Waals surface area contributed by atoms with E-state index in [9.17, 15) is 17.6 Å². The van der Waals surface area contributed by atoms with Gasteiger partial charge < -0.3 is 9.80 Å². The van der Waals surface area contributed by atoms with Gasteiger partial charge >= 0.3 is 6.18 Å². The molecule has 2 nitrogen and oxygen atoms in total. The molecule has 6 heteroatoms. The molecule has 3 rings (SSSR count). The van der Waals surface area contributed by atoms with Gasteiger partial charge in [-0.25, -0.2) is 4.39 Å². The molecule has 0 spiro atoms. The molecule has 132 valence electrons. The van der Waals surface area contributed by atoms with Crippen LogP contribution in [0.3, 0.4) is 0 Å². The van der Waals surface area contributed by atoms with Crippen molar-refractivity contribution in [3.63, 3.8) is 0 Å². The van der Waals surface area contributed by atoms with Gasteiger partial charge in [-0.1, -0.05) is 30.3 Å². The molecule has 1 heterocycles. The van der Waals surface area contributed by atoms with Crippen molar-refractivity contribution in [2.45, 2.75) is 6.18 Å². The molecule has 0 amide bonds. The molecule has 0 bridgehead atoms. The second-order valence-electron chi connectivity index (χ2n) is 5.89. The Morgan fingerprint density at radius 2 is 1.44 bits per heavy atom. The van der Waals surface area contributed by atoms with Gasteiger partial charge in [0.25, 0.3) is 0 Å². The Morgan fingerprint density at radius 3 is 2.00 bits per heavy atom. The minimum atomic E-state index is -4.46. The van der Waals surface area contributed by atoms with Crippen molar-refractivity contribution in [2.75, 3.05) is 31.1 Å². The average Bonchev–Trinajstić information content (AvgIpc) is 2.61. The fourth-order valence-electron chi connectivity index (χ4n) is 2.91. The van der Waals surface area contributed by atoms with Crippen molar-refractivity contribution < 1.29 is 17.6 Å². The van der Waals surface area contributed by atoms with Crippen LogP contribution in [0.5, 0.6) is 0 Å². The van der Waals surface area contributed by atoms with Crippen LogP contribution in [0, 0.1) is 5.82 Å². The third-order valence-electron chi connectivity index (χ3n) is 4.21. The number of benzene rings is 2. The summed E-state index contributed by atoms with van der Waals surface area (Å²) in [6.07, 6.45) is -3.37. The second-order valence-corrected chi connectivity index (χ2v) is 5.89. The Kier molecular flexibility index (Phi) is 4.97. The summed E-state index contributed by atoms with van der Waals surface area (Å²) in [7, 11) is 0. The molecule has 1 saturated heterocycles. The number of para-hydroxylation sites is 1. The predicted octanol–water partition coefficient (Wildman–Crippen LogP) is 4.55. The monoisotopic (exact) mass is 350 g/mol. The lowest BCUT2D eigenvalue weighted by Crippen LogP contribution is -2.48. The van der Waals surface area contributed by atoms with E-state index < -0.39 is 17.7 Å². The van der Waals surface area contributed by atoms with Crippen molar-refractivity contribution in [3.05, 3.63) is 71.7 Å². The van der Waals surface area contributed by atoms with Crippen molar-refractivity contribution in [1.29, 1.82) is 0 Å². The third kappa shape index (κ3) is 4.32. The Balaban J connectivity index is 1.76. The van der Waals surface area contributed by atoms with Crippen LogP contribution in [0.1, 0.15) is 5.56 Å². The maximum atomic E-state index is 13.5. The molecular formula is C19H18F4N2. The van der Waals surface area contributed by atoms with Crippen molar-refractivity contribution in [2.24, 2.45) is 0 Å². The first-order chi connectivity index (χ1) is 11.9. The van der Waals surface area contributed by atoms with E-state index in [1.807, 2.05) is 30.3 Å². The van der Waals surface area contributed by atoms with Gasteiger partial charge in [-0.2, -0.15) is 13.2 Å². The third-order valence-corrected chi connectivity index (χ3v) is 4.21. The molecule has 0 radical (unpaired) electrons. The SMILES string of the molecule is Fc1ccc(/C=C(/N2CCN(c3ccccc3)CC2)C(F)(F)F)cc1. The highest BCUT2D eigenvalue weighted by Crippen LogP contribution is 2.31. The largest absolute Gasteiger partial charge is 0.431 e. The first-order valence-corrected chi connectivity index (χ1v) is 8.03. The topological polar surface area (TPSA) is 6.48 Å². The normalized spacial score (nSPS) is 16.2.